The van der Waals surface area contributed by atoms with E-state index in [-0.39, 0.29) is 11.9 Å². The van der Waals surface area contributed by atoms with Crippen LogP contribution >= 0.6 is 0 Å². The molecular weight excluding hydrogens is 282 g/mol. The molecule has 1 aliphatic heterocycles. The van der Waals surface area contributed by atoms with Crippen molar-refractivity contribution in [1.82, 2.24) is 4.90 Å². The molecule has 1 aromatic carbocycles. The van der Waals surface area contributed by atoms with Crippen LogP contribution in [0.25, 0.3) is 0 Å². The maximum absolute atomic E-state index is 12.0. The number of hydrogen-bond donors (Lipinski definition) is 0. The van der Waals surface area contributed by atoms with Crippen LogP contribution < -0.4 is 4.74 Å². The molecule has 1 fully saturated rings. The Hall–Kier alpha value is -2.56. The summed E-state index contributed by atoms with van der Waals surface area (Å²) in [5, 5.41) is 0. The number of hydrogen-bond acceptors (Lipinski definition) is 4. The molecule has 0 radical (unpaired) electrons. The predicted molar refractivity (Wildman–Crippen MR) is 80.0 cm³/mol. The first-order valence-electron chi connectivity index (χ1n) is 7.16. The van der Waals surface area contributed by atoms with E-state index < -0.39 is 11.7 Å². The van der Waals surface area contributed by atoms with Gasteiger partial charge in [-0.25, -0.2) is 0 Å². The summed E-state index contributed by atoms with van der Waals surface area (Å²) in [6.45, 7) is 4.81. The highest BCUT2D eigenvalue weighted by molar-refractivity contribution is 6.42. The summed E-state index contributed by atoms with van der Waals surface area (Å²) in [7, 11) is 0. The molecule has 2 aromatic rings. The Balaban J connectivity index is 1.58. The number of carbonyl (C=O) groups is 2. The Labute approximate surface area is 128 Å². The lowest BCUT2D eigenvalue weighted by atomic mass is 10.1. The molecule has 1 aliphatic rings. The lowest BCUT2D eigenvalue weighted by Crippen LogP contribution is -2.57. The summed E-state index contributed by atoms with van der Waals surface area (Å²) in [6, 6.07) is 9.04. The van der Waals surface area contributed by atoms with Crippen molar-refractivity contribution in [2.45, 2.75) is 20.0 Å². The Morgan fingerprint density at radius 3 is 2.41 bits per heavy atom. The van der Waals surface area contributed by atoms with Gasteiger partial charge in [0.2, 0.25) is 0 Å². The van der Waals surface area contributed by atoms with Crippen molar-refractivity contribution in [3.63, 3.8) is 0 Å². The van der Waals surface area contributed by atoms with Crippen molar-refractivity contribution < 1.29 is 18.7 Å². The number of para-hydroxylation sites is 1. The van der Waals surface area contributed by atoms with Crippen LogP contribution in [0.15, 0.2) is 41.0 Å². The quantitative estimate of drug-likeness (QED) is 0.642. The number of aryl methyl sites for hydroxylation is 2. The molecule has 0 spiro atoms. The van der Waals surface area contributed by atoms with E-state index in [4.69, 9.17) is 9.15 Å². The monoisotopic (exact) mass is 299 g/mol. The van der Waals surface area contributed by atoms with Gasteiger partial charge in [0.05, 0.1) is 19.4 Å². The largest absolute Gasteiger partial charge is 0.486 e. The molecule has 3 rings (SSSR count). The first kappa shape index (κ1) is 14.4. The molecule has 0 atom stereocenters. The fraction of sp³-hybridized carbons (Fsp3) is 0.294. The van der Waals surface area contributed by atoms with E-state index in [9.17, 15) is 9.59 Å². The van der Waals surface area contributed by atoms with Crippen LogP contribution in [0, 0.1) is 13.8 Å². The molecule has 5 heteroatoms. The molecule has 1 amide bonds. The van der Waals surface area contributed by atoms with Gasteiger partial charge in [0.1, 0.15) is 11.9 Å². The van der Waals surface area contributed by atoms with E-state index in [1.54, 1.807) is 6.07 Å². The fourth-order valence-corrected chi connectivity index (χ4v) is 2.49. The molecule has 0 saturated carbocycles. The van der Waals surface area contributed by atoms with Gasteiger partial charge >= 0.3 is 0 Å². The number of benzene rings is 1. The van der Waals surface area contributed by atoms with Gasteiger partial charge < -0.3 is 14.1 Å². The van der Waals surface area contributed by atoms with Crippen molar-refractivity contribution in [3.8, 4) is 5.75 Å². The summed E-state index contributed by atoms with van der Waals surface area (Å²) in [6.07, 6.45) is 1.30. The summed E-state index contributed by atoms with van der Waals surface area (Å²) in [5.74, 6) is -0.229. The molecule has 2 heterocycles. The summed E-state index contributed by atoms with van der Waals surface area (Å²) < 4.78 is 10.9. The molecule has 0 bridgehead atoms. The standard InChI is InChI=1S/C17H17NO4/c1-11-5-3-6-12(2)16(11)22-13-9-18(10-13)17(20)15(19)14-7-4-8-21-14/h3-8,13H,9-10H2,1-2H3. The molecule has 0 unspecified atom stereocenters. The van der Waals surface area contributed by atoms with Crippen molar-refractivity contribution in [2.75, 3.05) is 13.1 Å². The smallest absolute Gasteiger partial charge is 0.298 e. The van der Waals surface area contributed by atoms with Gasteiger partial charge in [0.25, 0.3) is 11.7 Å². The first-order valence-corrected chi connectivity index (χ1v) is 7.16. The Morgan fingerprint density at radius 1 is 1.14 bits per heavy atom. The summed E-state index contributed by atoms with van der Waals surface area (Å²) in [5.41, 5.74) is 2.13. The third-order valence-electron chi connectivity index (χ3n) is 3.77. The number of furan rings is 1. The maximum Gasteiger partial charge on any atom is 0.298 e. The van der Waals surface area contributed by atoms with Crippen LogP contribution in [0.4, 0.5) is 0 Å². The van der Waals surface area contributed by atoms with E-state index in [1.165, 1.54) is 17.2 Å². The number of rotatable bonds is 4. The van der Waals surface area contributed by atoms with E-state index in [0.29, 0.717) is 13.1 Å². The average molecular weight is 299 g/mol. The molecule has 114 valence electrons. The normalized spacial score (nSPS) is 14.5. The second kappa shape index (κ2) is 5.67. The molecule has 1 saturated heterocycles. The van der Waals surface area contributed by atoms with Crippen LogP contribution in [0.3, 0.4) is 0 Å². The number of amides is 1. The lowest BCUT2D eigenvalue weighted by molar-refractivity contribution is -0.135. The average Bonchev–Trinajstić information content (AvgIpc) is 2.97. The zero-order valence-corrected chi connectivity index (χ0v) is 12.5. The molecule has 0 aliphatic carbocycles. The van der Waals surface area contributed by atoms with Gasteiger partial charge in [-0.2, -0.15) is 0 Å². The molecular formula is C17H17NO4. The Morgan fingerprint density at radius 2 is 1.82 bits per heavy atom. The second-order valence-corrected chi connectivity index (χ2v) is 5.48. The van der Waals surface area contributed by atoms with E-state index in [0.717, 1.165) is 16.9 Å². The van der Waals surface area contributed by atoms with Gasteiger partial charge in [-0.05, 0) is 37.1 Å². The SMILES string of the molecule is Cc1cccc(C)c1OC1CN(C(=O)C(=O)c2ccco2)C1. The highest BCUT2D eigenvalue weighted by atomic mass is 16.5. The molecule has 1 aromatic heterocycles. The van der Waals surface area contributed by atoms with Gasteiger partial charge in [0, 0.05) is 0 Å². The zero-order valence-electron chi connectivity index (χ0n) is 12.5. The van der Waals surface area contributed by atoms with Gasteiger partial charge in [-0.1, -0.05) is 18.2 Å². The Bertz CT molecular complexity index is 679. The number of likely N-dealkylation sites (tertiary alicyclic amines) is 1. The third kappa shape index (κ3) is 2.62. The summed E-state index contributed by atoms with van der Waals surface area (Å²) in [4.78, 5) is 25.4. The van der Waals surface area contributed by atoms with Crippen LogP contribution in [-0.2, 0) is 4.79 Å². The zero-order chi connectivity index (χ0) is 15.7. The molecule has 5 nitrogen and oxygen atoms in total. The molecule has 22 heavy (non-hydrogen) atoms. The third-order valence-corrected chi connectivity index (χ3v) is 3.77. The predicted octanol–water partition coefficient (Wildman–Crippen LogP) is 2.37. The van der Waals surface area contributed by atoms with Crippen molar-refractivity contribution >= 4 is 11.7 Å². The minimum Gasteiger partial charge on any atom is -0.486 e. The number of carbonyl (C=O) groups excluding carboxylic acids is 2. The highest BCUT2D eigenvalue weighted by Crippen LogP contribution is 2.26. The minimum absolute atomic E-state index is 0.0733. The Kier molecular flexibility index (Phi) is 3.71. The van der Waals surface area contributed by atoms with E-state index in [2.05, 4.69) is 0 Å². The van der Waals surface area contributed by atoms with Crippen LogP contribution in [0.1, 0.15) is 21.7 Å². The highest BCUT2D eigenvalue weighted by Gasteiger charge is 2.36. The van der Waals surface area contributed by atoms with Crippen LogP contribution in [0.5, 0.6) is 5.75 Å². The van der Waals surface area contributed by atoms with E-state index in [1.807, 2.05) is 32.0 Å². The summed E-state index contributed by atoms with van der Waals surface area (Å²) >= 11 is 0. The van der Waals surface area contributed by atoms with Crippen LogP contribution in [0.2, 0.25) is 0 Å². The number of ketones is 1. The number of Topliss-reactive ketones (excluding diaryl/α,β-unsaturated/α-hetero) is 1. The van der Waals surface area contributed by atoms with Crippen LogP contribution in [-0.4, -0.2) is 35.8 Å². The van der Waals surface area contributed by atoms with E-state index >= 15 is 0 Å². The topological polar surface area (TPSA) is 59.8 Å². The van der Waals surface area contributed by atoms with Gasteiger partial charge in [0.15, 0.2) is 5.76 Å². The fourth-order valence-electron chi connectivity index (χ4n) is 2.49. The second-order valence-electron chi connectivity index (χ2n) is 5.48. The van der Waals surface area contributed by atoms with Crippen molar-refractivity contribution in [1.29, 1.82) is 0 Å². The van der Waals surface area contributed by atoms with Crippen molar-refractivity contribution in [2.24, 2.45) is 0 Å². The first-order chi connectivity index (χ1) is 10.6. The van der Waals surface area contributed by atoms with Gasteiger partial charge in [-0.3, -0.25) is 9.59 Å². The number of ether oxygens (including phenoxy) is 1. The number of nitrogens with zero attached hydrogens (tertiary/aromatic N) is 1. The molecule has 0 N–H and O–H groups in total. The lowest BCUT2D eigenvalue weighted by Gasteiger charge is -2.38. The minimum atomic E-state index is -0.615. The van der Waals surface area contributed by atoms with Crippen molar-refractivity contribution in [3.05, 3.63) is 53.5 Å². The van der Waals surface area contributed by atoms with Gasteiger partial charge in [-0.15, -0.1) is 0 Å². The maximum atomic E-state index is 12.0.